The predicted octanol–water partition coefficient (Wildman–Crippen LogP) is 3.03. The fraction of sp³-hybridized carbons (Fsp3) is 0.200. The zero-order chi connectivity index (χ0) is 25.4. The van der Waals surface area contributed by atoms with Crippen LogP contribution in [0.4, 0.5) is 5.82 Å². The highest BCUT2D eigenvalue weighted by Gasteiger charge is 2.26. The second-order valence-electron chi connectivity index (χ2n) is 7.75. The van der Waals surface area contributed by atoms with Gasteiger partial charge in [-0.1, -0.05) is 18.2 Å². The van der Waals surface area contributed by atoms with E-state index < -0.39 is 16.0 Å². The third-order valence-corrected chi connectivity index (χ3v) is 6.98. The van der Waals surface area contributed by atoms with Crippen molar-refractivity contribution in [3.8, 4) is 5.69 Å². The van der Waals surface area contributed by atoms with Crippen molar-refractivity contribution in [3.63, 3.8) is 0 Å². The molecule has 0 unspecified atom stereocenters. The van der Waals surface area contributed by atoms with Crippen LogP contribution in [0.2, 0.25) is 0 Å². The fourth-order valence-electron chi connectivity index (χ4n) is 3.48. The number of nitrogens with zero attached hydrogens (tertiary/aromatic N) is 5. The number of rotatable bonds is 11. The first-order valence-electron chi connectivity index (χ1n) is 11.3. The van der Waals surface area contributed by atoms with E-state index >= 15 is 0 Å². The quantitative estimate of drug-likeness (QED) is 0.308. The molecule has 186 valence electrons. The van der Waals surface area contributed by atoms with Crippen LogP contribution in [0.15, 0.2) is 90.3 Å². The molecule has 0 saturated heterocycles. The molecule has 1 N–H and O–H groups in total. The minimum atomic E-state index is -3.88. The van der Waals surface area contributed by atoms with Gasteiger partial charge in [-0.2, -0.15) is 9.40 Å². The molecule has 4 rings (SSSR count). The van der Waals surface area contributed by atoms with Crippen LogP contribution < -0.4 is 5.32 Å². The Morgan fingerprint density at radius 2 is 1.86 bits per heavy atom. The van der Waals surface area contributed by atoms with Crippen LogP contribution in [0.1, 0.15) is 18.2 Å². The van der Waals surface area contributed by atoms with Gasteiger partial charge in [-0.15, -0.1) is 0 Å². The summed E-state index contributed by atoms with van der Waals surface area (Å²) < 4.78 is 35.1. The van der Waals surface area contributed by atoms with Crippen molar-refractivity contribution in [2.24, 2.45) is 0 Å². The lowest BCUT2D eigenvalue weighted by atomic mass is 10.2. The number of esters is 1. The van der Waals surface area contributed by atoms with Crippen molar-refractivity contribution in [1.82, 2.24) is 24.1 Å². The molecule has 0 bridgehead atoms. The van der Waals surface area contributed by atoms with Gasteiger partial charge in [0, 0.05) is 31.3 Å². The van der Waals surface area contributed by atoms with E-state index in [0.29, 0.717) is 11.5 Å². The van der Waals surface area contributed by atoms with Crippen LogP contribution in [0.25, 0.3) is 5.69 Å². The minimum absolute atomic E-state index is 0.0209. The molecule has 36 heavy (non-hydrogen) atoms. The summed E-state index contributed by atoms with van der Waals surface area (Å²) in [6.07, 6.45) is 6.38. The minimum Gasteiger partial charge on any atom is -0.465 e. The van der Waals surface area contributed by atoms with Gasteiger partial charge in [-0.3, -0.25) is 9.78 Å². The van der Waals surface area contributed by atoms with Crippen molar-refractivity contribution >= 4 is 21.8 Å². The second kappa shape index (κ2) is 11.6. The Kier molecular flexibility index (Phi) is 8.03. The van der Waals surface area contributed by atoms with Gasteiger partial charge < -0.3 is 10.1 Å². The van der Waals surface area contributed by atoms with Gasteiger partial charge in [-0.05, 0) is 55.0 Å². The van der Waals surface area contributed by atoms with Crippen molar-refractivity contribution in [2.75, 3.05) is 18.5 Å². The van der Waals surface area contributed by atoms with Crippen LogP contribution >= 0.6 is 0 Å². The zero-order valence-electron chi connectivity index (χ0n) is 19.7. The number of aromatic nitrogens is 4. The van der Waals surface area contributed by atoms with E-state index in [2.05, 4.69) is 20.4 Å². The summed E-state index contributed by atoms with van der Waals surface area (Å²) >= 11 is 0. The van der Waals surface area contributed by atoms with E-state index in [9.17, 15) is 13.2 Å². The Balaban J connectivity index is 1.57. The predicted molar refractivity (Wildman–Crippen MR) is 134 cm³/mol. The Morgan fingerprint density at radius 3 is 2.56 bits per heavy atom. The first kappa shape index (κ1) is 25.0. The molecule has 11 heteroatoms. The van der Waals surface area contributed by atoms with Gasteiger partial charge in [0.2, 0.25) is 10.0 Å². The summed E-state index contributed by atoms with van der Waals surface area (Å²) in [5, 5.41) is 7.13. The van der Waals surface area contributed by atoms with E-state index in [0.717, 1.165) is 11.3 Å². The third kappa shape index (κ3) is 6.32. The highest BCUT2D eigenvalue weighted by atomic mass is 32.2. The molecule has 0 saturated carbocycles. The number of hydrogen-bond donors (Lipinski definition) is 1. The molecule has 0 fully saturated rings. The molecule has 0 aliphatic rings. The van der Waals surface area contributed by atoms with E-state index in [-0.39, 0.29) is 31.1 Å². The van der Waals surface area contributed by atoms with Crippen LogP contribution in [0.5, 0.6) is 0 Å². The summed E-state index contributed by atoms with van der Waals surface area (Å²) in [7, 11) is -3.88. The van der Waals surface area contributed by atoms with Crippen LogP contribution in [-0.2, 0) is 32.6 Å². The average Bonchev–Trinajstić information content (AvgIpc) is 3.44. The first-order chi connectivity index (χ1) is 17.5. The zero-order valence-corrected chi connectivity index (χ0v) is 20.5. The molecule has 1 aromatic carbocycles. The van der Waals surface area contributed by atoms with E-state index in [1.807, 2.05) is 36.5 Å². The van der Waals surface area contributed by atoms with E-state index in [1.54, 1.807) is 42.1 Å². The number of sulfonamides is 1. The SMILES string of the molecule is CCOC(=O)CNc1cccc(CN(Cc2ccc(-n3cccn3)cc2)S(=O)(=O)c2cccnc2)n1. The van der Waals surface area contributed by atoms with Crippen molar-refractivity contribution in [3.05, 3.63) is 96.7 Å². The normalized spacial score (nSPS) is 11.4. The van der Waals surface area contributed by atoms with Crippen LogP contribution in [-0.4, -0.2) is 51.6 Å². The van der Waals surface area contributed by atoms with Crippen molar-refractivity contribution < 1.29 is 17.9 Å². The molecule has 0 spiro atoms. The smallest absolute Gasteiger partial charge is 0.325 e. The maximum Gasteiger partial charge on any atom is 0.325 e. The molecule has 3 heterocycles. The largest absolute Gasteiger partial charge is 0.465 e. The standard InChI is InChI=1S/C25H26N6O4S/c1-2-35-25(32)17-27-24-8-3-6-21(29-24)19-30(36(33,34)23-7-4-13-26-16-23)18-20-9-11-22(12-10-20)31-15-5-14-28-31/h3-16H,2,17-19H2,1H3,(H,27,29). The molecular weight excluding hydrogens is 480 g/mol. The van der Waals surface area contributed by atoms with Gasteiger partial charge in [0.15, 0.2) is 0 Å². The summed E-state index contributed by atoms with van der Waals surface area (Å²) in [5.74, 6) is 0.0481. The molecule has 0 atom stereocenters. The molecule has 3 aromatic heterocycles. The number of anilines is 1. The Bertz CT molecular complexity index is 1380. The number of nitrogens with one attached hydrogen (secondary N) is 1. The van der Waals surface area contributed by atoms with Gasteiger partial charge in [0.05, 0.1) is 24.5 Å². The van der Waals surface area contributed by atoms with Gasteiger partial charge in [0.25, 0.3) is 0 Å². The van der Waals surface area contributed by atoms with E-state index in [1.165, 1.54) is 22.8 Å². The maximum atomic E-state index is 13.5. The second-order valence-corrected chi connectivity index (χ2v) is 9.69. The van der Waals surface area contributed by atoms with Gasteiger partial charge in [-0.25, -0.2) is 18.1 Å². The van der Waals surface area contributed by atoms with Crippen LogP contribution in [0, 0.1) is 0 Å². The summed E-state index contributed by atoms with van der Waals surface area (Å²) in [4.78, 5) is 20.2. The summed E-state index contributed by atoms with van der Waals surface area (Å²) in [6, 6.07) is 17.6. The Morgan fingerprint density at radius 1 is 1.03 bits per heavy atom. The molecule has 0 aliphatic carbocycles. The molecular formula is C25H26N6O4S. The Labute approximate surface area is 209 Å². The average molecular weight is 507 g/mol. The van der Waals surface area contributed by atoms with Crippen molar-refractivity contribution in [1.29, 1.82) is 0 Å². The number of benzene rings is 1. The maximum absolute atomic E-state index is 13.5. The number of hydrogen-bond acceptors (Lipinski definition) is 8. The number of pyridine rings is 2. The van der Waals surface area contributed by atoms with E-state index in [4.69, 9.17) is 4.74 Å². The molecule has 0 amide bonds. The first-order valence-corrected chi connectivity index (χ1v) is 12.7. The monoisotopic (exact) mass is 506 g/mol. The number of carbonyl (C=O) groups excluding carboxylic acids is 1. The van der Waals surface area contributed by atoms with Gasteiger partial charge >= 0.3 is 5.97 Å². The summed E-state index contributed by atoms with van der Waals surface area (Å²) in [6.45, 7) is 2.13. The van der Waals surface area contributed by atoms with Gasteiger partial charge in [0.1, 0.15) is 17.3 Å². The molecule has 10 nitrogen and oxygen atoms in total. The van der Waals surface area contributed by atoms with Crippen molar-refractivity contribution in [2.45, 2.75) is 24.9 Å². The lowest BCUT2D eigenvalue weighted by molar-refractivity contribution is -0.140. The number of carbonyl (C=O) groups is 1. The summed E-state index contributed by atoms with van der Waals surface area (Å²) in [5.41, 5.74) is 2.19. The highest BCUT2D eigenvalue weighted by Crippen LogP contribution is 2.21. The third-order valence-electron chi connectivity index (χ3n) is 5.20. The fourth-order valence-corrected chi connectivity index (χ4v) is 4.84. The topological polar surface area (TPSA) is 119 Å². The van der Waals surface area contributed by atoms with Crippen LogP contribution in [0.3, 0.4) is 0 Å². The number of ether oxygens (including phenoxy) is 1. The lowest BCUT2D eigenvalue weighted by Gasteiger charge is -2.22. The molecule has 4 aromatic rings. The Hall–Kier alpha value is -4.09. The molecule has 0 radical (unpaired) electrons. The lowest BCUT2D eigenvalue weighted by Crippen LogP contribution is -2.31. The molecule has 0 aliphatic heterocycles. The highest BCUT2D eigenvalue weighted by molar-refractivity contribution is 7.89.